The summed E-state index contributed by atoms with van der Waals surface area (Å²) in [4.78, 5) is 0. The van der Waals surface area contributed by atoms with E-state index in [1.165, 1.54) is 17.5 Å². The maximum Gasteiger partial charge on any atom is 0.119 e. The van der Waals surface area contributed by atoms with Gasteiger partial charge in [0.1, 0.15) is 5.75 Å². The second-order valence-corrected chi connectivity index (χ2v) is 3.98. The smallest absolute Gasteiger partial charge is 0.119 e. The standard InChI is InChI=1S/C12H17NO/c1-14-12-5-4-10-6-9(8-13)2-3-11(10)7-12/h4-5,7,9H,2-3,6,8,13H2,1H3/t9-/m1/s1. The number of benzene rings is 1. The molecule has 1 aliphatic carbocycles. The van der Waals surface area contributed by atoms with E-state index in [0.29, 0.717) is 5.92 Å². The van der Waals surface area contributed by atoms with Gasteiger partial charge in [0, 0.05) is 0 Å². The van der Waals surface area contributed by atoms with Crippen LogP contribution in [-0.4, -0.2) is 13.7 Å². The molecule has 0 radical (unpaired) electrons. The number of hydrogen-bond acceptors (Lipinski definition) is 2. The van der Waals surface area contributed by atoms with E-state index >= 15 is 0 Å². The lowest BCUT2D eigenvalue weighted by Gasteiger charge is -2.23. The first-order valence-electron chi connectivity index (χ1n) is 5.19. The molecule has 0 heterocycles. The molecule has 0 amide bonds. The summed E-state index contributed by atoms with van der Waals surface area (Å²) in [7, 11) is 1.72. The molecule has 2 heteroatoms. The lowest BCUT2D eigenvalue weighted by molar-refractivity contribution is 0.411. The van der Waals surface area contributed by atoms with Crippen molar-refractivity contribution in [3.05, 3.63) is 29.3 Å². The van der Waals surface area contributed by atoms with E-state index in [4.69, 9.17) is 10.5 Å². The molecule has 0 saturated carbocycles. The number of ether oxygens (including phenoxy) is 1. The Hall–Kier alpha value is -1.02. The van der Waals surface area contributed by atoms with Gasteiger partial charge in [-0.15, -0.1) is 0 Å². The predicted molar refractivity (Wildman–Crippen MR) is 57.6 cm³/mol. The third kappa shape index (κ3) is 1.75. The molecule has 0 aliphatic heterocycles. The SMILES string of the molecule is COc1ccc2c(c1)CC[C@@H](CN)C2. The van der Waals surface area contributed by atoms with E-state index in [1.54, 1.807) is 7.11 Å². The van der Waals surface area contributed by atoms with Gasteiger partial charge in [0.2, 0.25) is 0 Å². The van der Waals surface area contributed by atoms with Crippen LogP contribution in [0.5, 0.6) is 5.75 Å². The highest BCUT2D eigenvalue weighted by molar-refractivity contribution is 5.37. The second-order valence-electron chi connectivity index (χ2n) is 3.98. The average molecular weight is 191 g/mol. The molecule has 2 nitrogen and oxygen atoms in total. The Bertz CT molecular complexity index is 322. The third-order valence-corrected chi connectivity index (χ3v) is 3.08. The van der Waals surface area contributed by atoms with Crippen molar-refractivity contribution < 1.29 is 4.74 Å². The van der Waals surface area contributed by atoms with Crippen molar-refractivity contribution in [1.29, 1.82) is 0 Å². The minimum Gasteiger partial charge on any atom is -0.497 e. The lowest BCUT2D eigenvalue weighted by Crippen LogP contribution is -2.22. The summed E-state index contributed by atoms with van der Waals surface area (Å²) in [5.74, 6) is 1.64. The maximum absolute atomic E-state index is 5.69. The first kappa shape index (κ1) is 9.53. The van der Waals surface area contributed by atoms with Crippen molar-refractivity contribution >= 4 is 0 Å². The molecule has 14 heavy (non-hydrogen) atoms. The quantitative estimate of drug-likeness (QED) is 0.773. The molecule has 2 N–H and O–H groups in total. The Morgan fingerprint density at radius 2 is 2.29 bits per heavy atom. The number of aryl methyl sites for hydroxylation is 1. The molecule has 0 saturated heterocycles. The zero-order valence-corrected chi connectivity index (χ0v) is 8.62. The van der Waals surface area contributed by atoms with Crippen molar-refractivity contribution in [3.8, 4) is 5.75 Å². The molecule has 2 rings (SSSR count). The minimum absolute atomic E-state index is 0.677. The topological polar surface area (TPSA) is 35.2 Å². The van der Waals surface area contributed by atoms with Crippen LogP contribution in [0.4, 0.5) is 0 Å². The van der Waals surface area contributed by atoms with E-state index in [1.807, 2.05) is 6.07 Å². The normalized spacial score (nSPS) is 20.3. The summed E-state index contributed by atoms with van der Waals surface area (Å²) in [6.45, 7) is 0.811. The van der Waals surface area contributed by atoms with Crippen LogP contribution in [0.3, 0.4) is 0 Å². The number of hydrogen-bond donors (Lipinski definition) is 1. The number of rotatable bonds is 2. The zero-order chi connectivity index (χ0) is 9.97. The molecule has 1 aliphatic rings. The summed E-state index contributed by atoms with van der Waals surface area (Å²) < 4.78 is 5.21. The van der Waals surface area contributed by atoms with Crippen LogP contribution in [0.1, 0.15) is 17.5 Å². The van der Waals surface area contributed by atoms with Crippen LogP contribution < -0.4 is 10.5 Å². The average Bonchev–Trinajstić information content (AvgIpc) is 2.27. The van der Waals surface area contributed by atoms with Crippen LogP contribution in [0, 0.1) is 5.92 Å². The Labute approximate surface area is 85.1 Å². The Kier molecular flexibility index (Phi) is 2.73. The highest BCUT2D eigenvalue weighted by atomic mass is 16.5. The summed E-state index contributed by atoms with van der Waals surface area (Å²) in [6, 6.07) is 6.37. The van der Waals surface area contributed by atoms with Crippen molar-refractivity contribution in [2.75, 3.05) is 13.7 Å². The fraction of sp³-hybridized carbons (Fsp3) is 0.500. The zero-order valence-electron chi connectivity index (χ0n) is 8.62. The molecule has 1 aromatic carbocycles. The van der Waals surface area contributed by atoms with Gasteiger partial charge in [-0.05, 0) is 55.0 Å². The molecular formula is C12H17NO. The predicted octanol–water partition coefficient (Wildman–Crippen LogP) is 1.76. The fourth-order valence-corrected chi connectivity index (χ4v) is 2.14. The number of methoxy groups -OCH3 is 1. The van der Waals surface area contributed by atoms with Crippen LogP contribution in [0.2, 0.25) is 0 Å². The van der Waals surface area contributed by atoms with Gasteiger partial charge in [0.05, 0.1) is 7.11 Å². The number of nitrogens with two attached hydrogens (primary N) is 1. The molecular weight excluding hydrogens is 174 g/mol. The second kappa shape index (κ2) is 4.01. The lowest BCUT2D eigenvalue weighted by atomic mass is 9.84. The molecule has 0 fully saturated rings. The molecule has 0 spiro atoms. The summed E-state index contributed by atoms with van der Waals surface area (Å²) in [5, 5.41) is 0. The summed E-state index contributed by atoms with van der Waals surface area (Å²) in [6.07, 6.45) is 3.50. The van der Waals surface area contributed by atoms with E-state index < -0.39 is 0 Å². The molecule has 1 aromatic rings. The van der Waals surface area contributed by atoms with Gasteiger partial charge in [-0.2, -0.15) is 0 Å². The van der Waals surface area contributed by atoms with Crippen LogP contribution in [-0.2, 0) is 12.8 Å². The molecule has 1 atom stereocenters. The molecule has 0 aromatic heterocycles. The van der Waals surface area contributed by atoms with Crippen molar-refractivity contribution in [3.63, 3.8) is 0 Å². The highest BCUT2D eigenvalue weighted by Crippen LogP contribution is 2.27. The monoisotopic (exact) mass is 191 g/mol. The number of fused-ring (bicyclic) bond motifs is 1. The molecule has 0 bridgehead atoms. The first-order valence-corrected chi connectivity index (χ1v) is 5.19. The fourth-order valence-electron chi connectivity index (χ4n) is 2.14. The van der Waals surface area contributed by atoms with Gasteiger partial charge < -0.3 is 10.5 Å². The van der Waals surface area contributed by atoms with Crippen LogP contribution >= 0.6 is 0 Å². The maximum atomic E-state index is 5.69. The van der Waals surface area contributed by atoms with Crippen molar-refractivity contribution in [2.24, 2.45) is 11.7 Å². The van der Waals surface area contributed by atoms with Gasteiger partial charge in [-0.25, -0.2) is 0 Å². The first-order chi connectivity index (χ1) is 6.83. The summed E-state index contributed by atoms with van der Waals surface area (Å²) in [5.41, 5.74) is 8.58. The summed E-state index contributed by atoms with van der Waals surface area (Å²) >= 11 is 0. The molecule has 0 unspecified atom stereocenters. The van der Waals surface area contributed by atoms with E-state index in [0.717, 1.165) is 25.1 Å². The largest absolute Gasteiger partial charge is 0.497 e. The Balaban J connectivity index is 2.23. The van der Waals surface area contributed by atoms with Gasteiger partial charge in [-0.3, -0.25) is 0 Å². The van der Waals surface area contributed by atoms with Gasteiger partial charge in [0.25, 0.3) is 0 Å². The van der Waals surface area contributed by atoms with Crippen LogP contribution in [0.15, 0.2) is 18.2 Å². The Morgan fingerprint density at radius 3 is 3.00 bits per heavy atom. The van der Waals surface area contributed by atoms with E-state index in [2.05, 4.69) is 12.1 Å². The van der Waals surface area contributed by atoms with Crippen molar-refractivity contribution in [2.45, 2.75) is 19.3 Å². The highest BCUT2D eigenvalue weighted by Gasteiger charge is 2.17. The van der Waals surface area contributed by atoms with Gasteiger partial charge >= 0.3 is 0 Å². The van der Waals surface area contributed by atoms with Gasteiger partial charge in [-0.1, -0.05) is 6.07 Å². The Morgan fingerprint density at radius 1 is 1.43 bits per heavy atom. The van der Waals surface area contributed by atoms with E-state index in [9.17, 15) is 0 Å². The van der Waals surface area contributed by atoms with Crippen molar-refractivity contribution in [1.82, 2.24) is 0 Å². The van der Waals surface area contributed by atoms with Crippen LogP contribution in [0.25, 0.3) is 0 Å². The van der Waals surface area contributed by atoms with E-state index in [-0.39, 0.29) is 0 Å². The molecule has 76 valence electrons. The minimum atomic E-state index is 0.677. The van der Waals surface area contributed by atoms with Gasteiger partial charge in [0.15, 0.2) is 0 Å². The third-order valence-electron chi connectivity index (χ3n) is 3.08.